The van der Waals surface area contributed by atoms with E-state index >= 15 is 0 Å². The van der Waals surface area contributed by atoms with Crippen LogP contribution in [0, 0.1) is 0 Å². The number of benzene rings is 3. The molecule has 7 rings (SSSR count). The van der Waals surface area contributed by atoms with E-state index in [0.717, 1.165) is 5.56 Å². The van der Waals surface area contributed by atoms with E-state index in [-0.39, 0.29) is 55.7 Å². The van der Waals surface area contributed by atoms with Crippen molar-refractivity contribution in [1.29, 1.82) is 0 Å². The molecule has 2 aliphatic heterocycles. The summed E-state index contributed by atoms with van der Waals surface area (Å²) >= 11 is 0. The molecule has 1 saturated heterocycles. The molecule has 19 nitrogen and oxygen atoms in total. The molecule has 4 aliphatic rings. The second kappa shape index (κ2) is 21.8. The molecule has 0 unspecified atom stereocenters. The monoisotopic (exact) mass is 1030 g/mol. The van der Waals surface area contributed by atoms with Crippen molar-refractivity contribution < 1.29 is 90.1 Å². The number of likely N-dealkylation sites (N-methyl/N-ethyl adjacent to an activating group) is 1. The highest BCUT2D eigenvalue weighted by atomic mass is 19.4. The van der Waals surface area contributed by atoms with Gasteiger partial charge in [0.25, 0.3) is 11.8 Å². The van der Waals surface area contributed by atoms with Gasteiger partial charge in [-0.05, 0) is 85.7 Å². The van der Waals surface area contributed by atoms with Crippen LogP contribution >= 0.6 is 0 Å². The molecule has 2 heterocycles. The quantitative estimate of drug-likeness (QED) is 0.0957. The number of alkyl halides is 3. The predicted molar refractivity (Wildman–Crippen MR) is 249 cm³/mol. The van der Waals surface area contributed by atoms with Crippen LogP contribution in [-0.4, -0.2) is 119 Å². The van der Waals surface area contributed by atoms with E-state index in [4.69, 9.17) is 43.1 Å². The smallest absolute Gasteiger partial charge is 0.504 e. The Morgan fingerprint density at radius 3 is 1.74 bits per heavy atom. The normalized spacial score (nSPS) is 21.4. The molecule has 1 spiro atoms. The fourth-order valence-corrected chi connectivity index (χ4v) is 9.35. The van der Waals surface area contributed by atoms with E-state index in [0.29, 0.717) is 36.1 Å². The molecule has 0 saturated carbocycles. The Bertz CT molecular complexity index is 2600. The number of hydrogen-bond acceptors (Lipinski definition) is 16. The molecule has 3 aromatic rings. The van der Waals surface area contributed by atoms with Gasteiger partial charge in [-0.2, -0.15) is 13.2 Å². The topological polar surface area (TPSA) is 252 Å². The third kappa shape index (κ3) is 12.6. The van der Waals surface area contributed by atoms with Crippen LogP contribution in [0.15, 0.2) is 84.6 Å². The van der Waals surface area contributed by atoms with Gasteiger partial charge >= 0.3 is 36.4 Å². The lowest BCUT2D eigenvalue weighted by Crippen LogP contribution is -2.75. The molecule has 1 fully saturated rings. The first-order valence-electron chi connectivity index (χ1n) is 23.2. The Hall–Kier alpha value is -7.36. The van der Waals surface area contributed by atoms with Gasteiger partial charge in [-0.15, -0.1) is 0 Å². The van der Waals surface area contributed by atoms with Crippen molar-refractivity contribution in [2.75, 3.05) is 26.7 Å². The summed E-state index contributed by atoms with van der Waals surface area (Å²) in [5.74, 6) is -5.14. The van der Waals surface area contributed by atoms with Gasteiger partial charge in [0.05, 0.1) is 24.3 Å². The minimum Gasteiger partial charge on any atom is -0.504 e. The third-order valence-corrected chi connectivity index (χ3v) is 12.2. The molecule has 2 amide bonds. The van der Waals surface area contributed by atoms with Crippen molar-refractivity contribution >= 4 is 42.0 Å². The zero-order valence-corrected chi connectivity index (χ0v) is 41.2. The van der Waals surface area contributed by atoms with Crippen LogP contribution in [0.2, 0.25) is 0 Å². The van der Waals surface area contributed by atoms with Crippen molar-refractivity contribution in [2.45, 2.75) is 126 Å². The maximum Gasteiger partial charge on any atom is 0.509 e. The maximum absolute atomic E-state index is 14.1. The van der Waals surface area contributed by atoms with E-state index in [9.17, 15) is 47.0 Å². The lowest BCUT2D eigenvalue weighted by Gasteiger charge is -2.62. The summed E-state index contributed by atoms with van der Waals surface area (Å²) in [6, 6.07) is 19.9. The van der Waals surface area contributed by atoms with Crippen molar-refractivity contribution in [2.24, 2.45) is 0 Å². The van der Waals surface area contributed by atoms with Gasteiger partial charge in [0.2, 0.25) is 12.2 Å². The van der Waals surface area contributed by atoms with Crippen LogP contribution in [0.3, 0.4) is 0 Å². The highest BCUT2D eigenvalue weighted by Crippen LogP contribution is 2.66. The first-order chi connectivity index (χ1) is 34.2. The number of rotatable bonds is 14. The number of aromatic hydroxyl groups is 1. The van der Waals surface area contributed by atoms with Crippen LogP contribution in [0.4, 0.5) is 22.8 Å². The van der Waals surface area contributed by atoms with Crippen LogP contribution in [-0.2, 0) is 64.2 Å². The molecular weight excluding hydrogens is 968 g/mol. The van der Waals surface area contributed by atoms with E-state index in [1.54, 1.807) is 114 Å². The minimum atomic E-state index is -5.08. The number of phenolic OH excluding ortho intramolecular Hbond substituents is 1. The van der Waals surface area contributed by atoms with Gasteiger partial charge in [-0.3, -0.25) is 24.1 Å². The fraction of sp³-hybridized carbons (Fsp3) is 0.471. The van der Waals surface area contributed by atoms with E-state index in [1.165, 1.54) is 0 Å². The average Bonchev–Trinajstić information content (AvgIpc) is 3.66. The number of likely N-dealkylation sites (tertiary alicyclic amines) is 1. The molecule has 6 atom stereocenters. The SMILES string of the molecule is CN1CC[C@]23c4c5ccc(O)c4O[C@H]2C(OC(=O)CCNC(=O)[C@@H](OC(=O)OC(C)(C)C)c2ccccc2)=CC[C@@]3(OC(=O)CCNC(=O)[C@@H](OC(=O)OC(C)(C)C)c2ccccc2)[C@H]1C5.O=C(O)C(F)(F)F. The summed E-state index contributed by atoms with van der Waals surface area (Å²) in [6.07, 6.45) is -8.71. The lowest BCUT2D eigenvalue weighted by atomic mass is 9.50. The largest absolute Gasteiger partial charge is 0.509 e. The lowest BCUT2D eigenvalue weighted by molar-refractivity contribution is -0.206. The number of nitrogens with one attached hydrogen (secondary N) is 2. The second-order valence-electron chi connectivity index (χ2n) is 19.6. The number of ether oxygens (including phenoxy) is 7. The number of hydrogen-bond donors (Lipinski definition) is 4. The van der Waals surface area contributed by atoms with Crippen molar-refractivity contribution in [3.8, 4) is 11.5 Å². The fourth-order valence-electron chi connectivity index (χ4n) is 9.35. The molecule has 0 radical (unpaired) electrons. The van der Waals surface area contributed by atoms with E-state index in [1.807, 2.05) is 13.1 Å². The van der Waals surface area contributed by atoms with Crippen LogP contribution < -0.4 is 15.4 Å². The zero-order chi connectivity index (χ0) is 53.7. The van der Waals surface area contributed by atoms with Gasteiger partial charge in [-0.1, -0.05) is 66.7 Å². The molecule has 4 N–H and O–H groups in total. The number of carbonyl (C=O) groups excluding carboxylic acids is 6. The number of esters is 2. The van der Waals surface area contributed by atoms with Crippen molar-refractivity contribution in [3.05, 3.63) is 107 Å². The number of piperidine rings is 1. The van der Waals surface area contributed by atoms with Gasteiger partial charge in [0.15, 0.2) is 17.6 Å². The number of halogens is 3. The van der Waals surface area contributed by atoms with E-state index in [2.05, 4.69) is 15.5 Å². The number of carboxylic acid groups (broad SMARTS) is 1. The Balaban J connectivity index is 0.00000116. The standard InChI is InChI=1S/C49H57N3O14.C2HF3O2/c1-46(2,3)65-44(58)62-38(29-14-10-8-11-15-29)42(56)50-25-21-35(54)60-33-20-23-49(34-28-31-18-19-32(53)40-37(31)48(49,41(33)61-40)24-27-52(34)7)64-36(55)22-26-51-43(57)39(30-16-12-9-13-17-30)63-45(59)66-47(4,5)6;3-2(4,5)1(6)7/h8-20,34,38-39,41,53H,21-28H2,1-7H3,(H,50,56)(H,51,57);(H,6,7)/t34-,38+,39+,41+,48+,49-;/m1./s1. The van der Waals surface area contributed by atoms with Crippen molar-refractivity contribution in [3.63, 3.8) is 0 Å². The highest BCUT2D eigenvalue weighted by Gasteiger charge is 2.74. The molecule has 22 heteroatoms. The van der Waals surface area contributed by atoms with Crippen LogP contribution in [0.5, 0.6) is 11.5 Å². The summed E-state index contributed by atoms with van der Waals surface area (Å²) in [4.78, 5) is 90.8. The molecule has 2 bridgehead atoms. The van der Waals surface area contributed by atoms with E-state index < -0.39 is 88.7 Å². The number of phenols is 1. The number of aliphatic carboxylic acids is 1. The summed E-state index contributed by atoms with van der Waals surface area (Å²) in [5, 5.41) is 23.7. The number of nitrogens with zero attached hydrogens (tertiary/aromatic N) is 1. The predicted octanol–water partition coefficient (Wildman–Crippen LogP) is 6.80. The van der Waals surface area contributed by atoms with Gasteiger partial charge < -0.3 is 54.0 Å². The number of amides is 2. The summed E-state index contributed by atoms with van der Waals surface area (Å²) < 4.78 is 72.4. The number of carbonyl (C=O) groups is 7. The molecular formula is C51H58F3N3O16. The Kier molecular flexibility index (Phi) is 16.4. The number of carboxylic acids is 1. The first kappa shape index (κ1) is 55.0. The van der Waals surface area contributed by atoms with Gasteiger partial charge in [0.1, 0.15) is 22.6 Å². The van der Waals surface area contributed by atoms with Gasteiger partial charge in [-0.25, -0.2) is 14.4 Å². The molecule has 3 aromatic carbocycles. The highest BCUT2D eigenvalue weighted by molar-refractivity contribution is 5.85. The third-order valence-electron chi connectivity index (χ3n) is 12.2. The summed E-state index contributed by atoms with van der Waals surface area (Å²) in [6.45, 7) is 10.3. The first-order valence-corrected chi connectivity index (χ1v) is 23.2. The Morgan fingerprint density at radius 2 is 1.26 bits per heavy atom. The average molecular weight is 1030 g/mol. The minimum absolute atomic E-state index is 0.116. The molecule has 73 heavy (non-hydrogen) atoms. The summed E-state index contributed by atoms with van der Waals surface area (Å²) in [5.41, 5.74) is -1.68. The molecule has 0 aromatic heterocycles. The van der Waals surface area contributed by atoms with Gasteiger partial charge in [0, 0.05) is 36.2 Å². The molecule has 394 valence electrons. The second-order valence-corrected chi connectivity index (χ2v) is 19.6. The summed E-state index contributed by atoms with van der Waals surface area (Å²) in [7, 11) is 1.95. The van der Waals surface area contributed by atoms with Crippen LogP contribution in [0.1, 0.15) is 102 Å². The Morgan fingerprint density at radius 1 is 0.767 bits per heavy atom. The zero-order valence-electron chi connectivity index (χ0n) is 41.2. The maximum atomic E-state index is 14.1. The Labute approximate surface area is 418 Å². The van der Waals surface area contributed by atoms with Crippen LogP contribution in [0.25, 0.3) is 0 Å². The van der Waals surface area contributed by atoms with Crippen molar-refractivity contribution in [1.82, 2.24) is 15.5 Å². The molecule has 2 aliphatic carbocycles.